The van der Waals surface area contributed by atoms with Gasteiger partial charge in [0, 0.05) is 20.1 Å². The van der Waals surface area contributed by atoms with E-state index in [2.05, 4.69) is 10.0 Å². The number of hydrogen-bond donors (Lipinski definition) is 2. The summed E-state index contributed by atoms with van der Waals surface area (Å²) in [6, 6.07) is 7.49. The van der Waals surface area contributed by atoms with Gasteiger partial charge in [-0.05, 0) is 31.5 Å². The number of benzene rings is 1. The van der Waals surface area contributed by atoms with Crippen LogP contribution in [0.15, 0.2) is 24.3 Å². The smallest absolute Gasteiger partial charge is 0.234 e. The molecule has 1 aliphatic rings. The van der Waals surface area contributed by atoms with Gasteiger partial charge in [-0.1, -0.05) is 18.6 Å². The van der Waals surface area contributed by atoms with Gasteiger partial charge in [0.25, 0.3) is 0 Å². The fourth-order valence-electron chi connectivity index (χ4n) is 2.49. The molecule has 6 heteroatoms. The summed E-state index contributed by atoms with van der Waals surface area (Å²) in [5, 5.41) is 3.27. The quantitative estimate of drug-likeness (QED) is 0.867. The fourth-order valence-corrected chi connectivity index (χ4v) is 3.90. The van der Waals surface area contributed by atoms with Gasteiger partial charge >= 0.3 is 0 Å². The number of hydrogen-bond acceptors (Lipinski definition) is 4. The van der Waals surface area contributed by atoms with Gasteiger partial charge in [-0.3, -0.25) is 4.72 Å². The van der Waals surface area contributed by atoms with Crippen molar-refractivity contribution in [2.75, 3.05) is 36.0 Å². The molecule has 112 valence electrons. The van der Waals surface area contributed by atoms with E-state index in [-0.39, 0.29) is 11.8 Å². The zero-order valence-corrected chi connectivity index (χ0v) is 12.9. The van der Waals surface area contributed by atoms with Gasteiger partial charge < -0.3 is 10.2 Å². The minimum atomic E-state index is -3.33. The first-order valence-corrected chi connectivity index (χ1v) is 8.63. The molecule has 1 fully saturated rings. The predicted molar refractivity (Wildman–Crippen MR) is 83.8 cm³/mol. The molecule has 0 saturated carbocycles. The van der Waals surface area contributed by atoms with Crippen LogP contribution in [0.5, 0.6) is 0 Å². The Hall–Kier alpha value is -1.27. The number of para-hydroxylation sites is 2. The van der Waals surface area contributed by atoms with Crippen LogP contribution in [0.1, 0.15) is 19.3 Å². The minimum absolute atomic E-state index is 0.0627. The van der Waals surface area contributed by atoms with Crippen molar-refractivity contribution >= 4 is 21.4 Å². The molecule has 1 heterocycles. The van der Waals surface area contributed by atoms with Crippen molar-refractivity contribution < 1.29 is 8.42 Å². The van der Waals surface area contributed by atoms with Gasteiger partial charge in [-0.25, -0.2) is 8.42 Å². The lowest BCUT2D eigenvalue weighted by Crippen LogP contribution is -2.40. The Morgan fingerprint density at radius 1 is 1.30 bits per heavy atom. The molecule has 1 atom stereocenters. The van der Waals surface area contributed by atoms with E-state index in [0.717, 1.165) is 31.5 Å². The largest absolute Gasteiger partial charge is 0.376 e. The maximum atomic E-state index is 12.3. The Morgan fingerprint density at radius 2 is 2.05 bits per heavy atom. The van der Waals surface area contributed by atoms with Crippen molar-refractivity contribution in [3.8, 4) is 0 Å². The minimum Gasteiger partial charge on any atom is -0.376 e. The fraction of sp³-hybridized carbons (Fsp3) is 0.571. The van der Waals surface area contributed by atoms with E-state index in [1.165, 1.54) is 0 Å². The van der Waals surface area contributed by atoms with Crippen LogP contribution in [0.3, 0.4) is 0 Å². The number of nitrogens with one attached hydrogen (secondary N) is 2. The number of rotatable bonds is 5. The maximum Gasteiger partial charge on any atom is 0.234 e. The molecule has 0 spiro atoms. The Labute approximate surface area is 121 Å². The molecule has 1 aromatic carbocycles. The van der Waals surface area contributed by atoms with Gasteiger partial charge in [0.05, 0.1) is 17.1 Å². The van der Waals surface area contributed by atoms with Crippen LogP contribution in [0.2, 0.25) is 0 Å². The van der Waals surface area contributed by atoms with Crippen molar-refractivity contribution in [1.29, 1.82) is 0 Å². The zero-order chi connectivity index (χ0) is 14.6. The molecular formula is C14H23N3O2S. The highest BCUT2D eigenvalue weighted by molar-refractivity contribution is 7.92. The third-order valence-corrected chi connectivity index (χ3v) is 4.86. The Balaban J connectivity index is 2.08. The summed E-state index contributed by atoms with van der Waals surface area (Å²) in [5.41, 5.74) is 1.50. The maximum absolute atomic E-state index is 12.3. The van der Waals surface area contributed by atoms with E-state index < -0.39 is 10.0 Å². The van der Waals surface area contributed by atoms with Crippen LogP contribution in [-0.2, 0) is 10.0 Å². The highest BCUT2D eigenvalue weighted by atomic mass is 32.2. The Bertz CT molecular complexity index is 537. The van der Waals surface area contributed by atoms with Crippen LogP contribution < -0.4 is 14.9 Å². The zero-order valence-electron chi connectivity index (χ0n) is 12.1. The lowest BCUT2D eigenvalue weighted by molar-refractivity contribution is 0.424. The molecule has 20 heavy (non-hydrogen) atoms. The molecule has 0 aromatic heterocycles. The molecular weight excluding hydrogens is 274 g/mol. The van der Waals surface area contributed by atoms with Crippen LogP contribution in [0.4, 0.5) is 11.4 Å². The number of piperidine rings is 1. The molecule has 0 amide bonds. The first-order chi connectivity index (χ1) is 9.48. The van der Waals surface area contributed by atoms with Crippen LogP contribution in [0, 0.1) is 0 Å². The first kappa shape index (κ1) is 15.1. The van der Waals surface area contributed by atoms with Gasteiger partial charge in [0.15, 0.2) is 0 Å². The molecule has 0 aliphatic carbocycles. The summed E-state index contributed by atoms with van der Waals surface area (Å²) in [6.07, 6.45) is 3.16. The van der Waals surface area contributed by atoms with Crippen molar-refractivity contribution in [1.82, 2.24) is 5.32 Å². The third kappa shape index (κ3) is 4.11. The molecule has 0 radical (unpaired) electrons. The van der Waals surface area contributed by atoms with Gasteiger partial charge in [0.1, 0.15) is 0 Å². The highest BCUT2D eigenvalue weighted by Crippen LogP contribution is 2.24. The second-order valence-electron chi connectivity index (χ2n) is 5.44. The van der Waals surface area contributed by atoms with Crippen molar-refractivity contribution in [3.05, 3.63) is 24.3 Å². The lowest BCUT2D eigenvalue weighted by Gasteiger charge is -2.24. The van der Waals surface area contributed by atoms with E-state index >= 15 is 0 Å². The third-order valence-electron chi connectivity index (χ3n) is 3.48. The SMILES string of the molecule is CN(C)c1ccccc1NS(=O)(=O)CC1CCCCN1. The number of anilines is 2. The summed E-state index contributed by atoms with van der Waals surface area (Å²) < 4.78 is 27.3. The average molecular weight is 297 g/mol. The summed E-state index contributed by atoms with van der Waals surface area (Å²) in [6.45, 7) is 0.911. The van der Waals surface area contributed by atoms with E-state index in [0.29, 0.717) is 5.69 Å². The Morgan fingerprint density at radius 3 is 2.70 bits per heavy atom. The Kier molecular flexibility index (Phi) is 4.88. The average Bonchev–Trinajstić information content (AvgIpc) is 2.39. The summed E-state index contributed by atoms with van der Waals surface area (Å²) in [5.74, 6) is 0.134. The summed E-state index contributed by atoms with van der Waals surface area (Å²) >= 11 is 0. The number of sulfonamides is 1. The van der Waals surface area contributed by atoms with E-state index in [4.69, 9.17) is 0 Å². The summed E-state index contributed by atoms with van der Waals surface area (Å²) in [4.78, 5) is 1.90. The normalized spacial score (nSPS) is 19.6. The molecule has 0 bridgehead atoms. The van der Waals surface area contributed by atoms with Crippen LogP contribution in [0.25, 0.3) is 0 Å². The molecule has 1 unspecified atom stereocenters. The molecule has 1 aliphatic heterocycles. The van der Waals surface area contributed by atoms with Gasteiger partial charge in [-0.2, -0.15) is 0 Å². The molecule has 1 aromatic rings. The highest BCUT2D eigenvalue weighted by Gasteiger charge is 2.21. The predicted octanol–water partition coefficient (Wildman–Crippen LogP) is 1.64. The molecule has 1 saturated heterocycles. The standard InChI is InChI=1S/C14H23N3O2S/c1-17(2)14-9-4-3-8-13(14)16-20(18,19)11-12-7-5-6-10-15-12/h3-4,8-9,12,15-16H,5-7,10-11H2,1-2H3. The second-order valence-corrected chi connectivity index (χ2v) is 7.21. The summed E-state index contributed by atoms with van der Waals surface area (Å²) in [7, 11) is 0.468. The van der Waals surface area contributed by atoms with E-state index in [1.807, 2.05) is 37.2 Å². The lowest BCUT2D eigenvalue weighted by atomic mass is 10.1. The van der Waals surface area contributed by atoms with Gasteiger partial charge in [0.2, 0.25) is 10.0 Å². The molecule has 5 nitrogen and oxygen atoms in total. The first-order valence-electron chi connectivity index (χ1n) is 6.98. The number of nitrogens with zero attached hydrogens (tertiary/aromatic N) is 1. The van der Waals surface area contributed by atoms with E-state index in [1.54, 1.807) is 6.07 Å². The van der Waals surface area contributed by atoms with Crippen molar-refractivity contribution in [2.24, 2.45) is 0 Å². The van der Waals surface area contributed by atoms with Crippen molar-refractivity contribution in [2.45, 2.75) is 25.3 Å². The van der Waals surface area contributed by atoms with Crippen molar-refractivity contribution in [3.63, 3.8) is 0 Å². The molecule has 2 rings (SSSR count). The van der Waals surface area contributed by atoms with Crippen LogP contribution in [-0.4, -0.2) is 40.9 Å². The van der Waals surface area contributed by atoms with E-state index in [9.17, 15) is 8.42 Å². The second kappa shape index (κ2) is 6.45. The monoisotopic (exact) mass is 297 g/mol. The van der Waals surface area contributed by atoms with Crippen LogP contribution >= 0.6 is 0 Å². The topological polar surface area (TPSA) is 61.4 Å². The molecule has 2 N–H and O–H groups in total. The van der Waals surface area contributed by atoms with Gasteiger partial charge in [-0.15, -0.1) is 0 Å².